The van der Waals surface area contributed by atoms with Gasteiger partial charge in [-0.1, -0.05) is 11.8 Å². The molecule has 0 atom stereocenters. The van der Waals surface area contributed by atoms with E-state index in [2.05, 4.69) is 4.98 Å². The molecule has 0 N–H and O–H groups in total. The number of thiazole rings is 1. The summed E-state index contributed by atoms with van der Waals surface area (Å²) in [5.41, 5.74) is 0.997. The lowest BCUT2D eigenvalue weighted by molar-refractivity contribution is 0.343. The molecule has 0 saturated carbocycles. The number of halogens is 1. The van der Waals surface area contributed by atoms with E-state index >= 15 is 0 Å². The molecule has 5 heteroatoms. The predicted molar refractivity (Wildman–Crippen MR) is 67.6 cm³/mol. The van der Waals surface area contributed by atoms with Crippen molar-refractivity contribution in [3.8, 4) is 5.75 Å². The Bertz CT molecular complexity index is 458. The first kappa shape index (κ1) is 11.0. The van der Waals surface area contributed by atoms with Gasteiger partial charge in [0.2, 0.25) is 0 Å². The summed E-state index contributed by atoms with van der Waals surface area (Å²) in [5.74, 6) is 1.34. The van der Waals surface area contributed by atoms with Gasteiger partial charge < -0.3 is 4.74 Å². The average Bonchev–Trinajstić information content (AvgIpc) is 2.68. The number of hydrogen-bond donors (Lipinski definition) is 0. The lowest BCUT2D eigenvalue weighted by Gasteiger charge is -2.02. The number of benzene rings is 1. The molecule has 15 heavy (non-hydrogen) atoms. The maximum Gasteiger partial charge on any atom is 0.150 e. The van der Waals surface area contributed by atoms with Crippen molar-refractivity contribution < 1.29 is 4.74 Å². The normalized spacial score (nSPS) is 10.8. The van der Waals surface area contributed by atoms with Crippen LogP contribution in [0.4, 0.5) is 0 Å². The second kappa shape index (κ2) is 5.05. The van der Waals surface area contributed by atoms with Crippen LogP contribution in [0.15, 0.2) is 22.5 Å². The summed E-state index contributed by atoms with van der Waals surface area (Å²) >= 11 is 8.92. The minimum Gasteiger partial charge on any atom is -0.492 e. The van der Waals surface area contributed by atoms with Gasteiger partial charge in [0.05, 0.1) is 16.1 Å². The number of ether oxygens (including phenoxy) is 1. The van der Waals surface area contributed by atoms with Gasteiger partial charge in [0.15, 0.2) is 4.34 Å². The van der Waals surface area contributed by atoms with Crippen LogP contribution in [0, 0.1) is 0 Å². The van der Waals surface area contributed by atoms with Crippen LogP contribution < -0.4 is 4.74 Å². The number of fused-ring (bicyclic) bond motifs is 1. The van der Waals surface area contributed by atoms with Crippen LogP contribution in [0.2, 0.25) is 0 Å². The lowest BCUT2D eigenvalue weighted by atomic mass is 10.3. The molecule has 1 heterocycles. The largest absolute Gasteiger partial charge is 0.492 e. The molecule has 1 aromatic heterocycles. The molecule has 2 rings (SSSR count). The number of hydrogen-bond acceptors (Lipinski definition) is 4. The lowest BCUT2D eigenvalue weighted by Crippen LogP contribution is -1.97. The van der Waals surface area contributed by atoms with Gasteiger partial charge in [-0.2, -0.15) is 0 Å². The third kappa shape index (κ3) is 2.56. The summed E-state index contributed by atoms with van der Waals surface area (Å²) in [5, 5.41) is 0. The molecule has 0 aliphatic rings. The topological polar surface area (TPSA) is 22.1 Å². The second-order valence-electron chi connectivity index (χ2n) is 2.85. The highest BCUT2D eigenvalue weighted by Crippen LogP contribution is 2.30. The summed E-state index contributed by atoms with van der Waals surface area (Å²) < 4.78 is 7.71. The SMILES string of the molecule is CSc1nc2cc(OCCCl)ccc2s1. The van der Waals surface area contributed by atoms with E-state index in [-0.39, 0.29) is 0 Å². The first-order valence-corrected chi connectivity index (χ1v) is 7.04. The van der Waals surface area contributed by atoms with Gasteiger partial charge in [-0.3, -0.25) is 0 Å². The Morgan fingerprint density at radius 1 is 1.53 bits per heavy atom. The Morgan fingerprint density at radius 3 is 3.13 bits per heavy atom. The molecule has 0 radical (unpaired) electrons. The summed E-state index contributed by atoms with van der Waals surface area (Å²) in [6, 6.07) is 5.95. The fourth-order valence-corrected chi connectivity index (χ4v) is 2.77. The molecule has 0 fully saturated rings. The molecule has 2 nitrogen and oxygen atoms in total. The van der Waals surface area contributed by atoms with Gasteiger partial charge in [-0.15, -0.1) is 22.9 Å². The molecule has 0 amide bonds. The van der Waals surface area contributed by atoms with Gasteiger partial charge >= 0.3 is 0 Å². The second-order valence-corrected chi connectivity index (χ2v) is 5.31. The third-order valence-electron chi connectivity index (χ3n) is 1.86. The highest BCUT2D eigenvalue weighted by Gasteiger charge is 2.03. The van der Waals surface area contributed by atoms with Crippen LogP contribution in [0.1, 0.15) is 0 Å². The molecular weight excluding hydrogens is 250 g/mol. The molecular formula is C10H10ClNOS2. The summed E-state index contributed by atoms with van der Waals surface area (Å²) in [6.45, 7) is 0.534. The fraction of sp³-hybridized carbons (Fsp3) is 0.300. The van der Waals surface area contributed by atoms with Gasteiger partial charge in [-0.05, 0) is 18.4 Å². The van der Waals surface area contributed by atoms with Gasteiger partial charge in [-0.25, -0.2) is 4.98 Å². The van der Waals surface area contributed by atoms with Crippen LogP contribution in [0.5, 0.6) is 5.75 Å². The molecule has 80 valence electrons. The van der Waals surface area contributed by atoms with Crippen LogP contribution in [-0.4, -0.2) is 23.7 Å². The summed E-state index contributed by atoms with van der Waals surface area (Å²) in [7, 11) is 0. The van der Waals surface area contributed by atoms with Crippen molar-refractivity contribution in [2.75, 3.05) is 18.7 Å². The molecule has 0 unspecified atom stereocenters. The number of rotatable bonds is 4. The standard InChI is InChI=1S/C10H10ClNOS2/c1-14-10-12-8-6-7(13-5-4-11)2-3-9(8)15-10/h2-3,6H,4-5H2,1H3. The number of aromatic nitrogens is 1. The zero-order valence-electron chi connectivity index (χ0n) is 8.20. The van der Waals surface area contributed by atoms with Gasteiger partial charge in [0, 0.05) is 6.07 Å². The minimum absolute atomic E-state index is 0.505. The molecule has 1 aromatic carbocycles. The highest BCUT2D eigenvalue weighted by atomic mass is 35.5. The van der Waals surface area contributed by atoms with E-state index in [4.69, 9.17) is 16.3 Å². The fourth-order valence-electron chi connectivity index (χ4n) is 1.22. The van der Waals surface area contributed by atoms with Crippen molar-refractivity contribution in [2.24, 2.45) is 0 Å². The van der Waals surface area contributed by atoms with E-state index in [1.165, 1.54) is 4.70 Å². The number of alkyl halides is 1. The quantitative estimate of drug-likeness (QED) is 0.618. The summed E-state index contributed by atoms with van der Waals surface area (Å²) in [6.07, 6.45) is 2.03. The third-order valence-corrected chi connectivity index (χ3v) is 4.04. The first-order valence-electron chi connectivity index (χ1n) is 4.47. The van der Waals surface area contributed by atoms with Crippen LogP contribution in [0.3, 0.4) is 0 Å². The average molecular weight is 260 g/mol. The maximum absolute atomic E-state index is 5.55. The van der Waals surface area contributed by atoms with Crippen molar-refractivity contribution in [1.29, 1.82) is 0 Å². The van der Waals surface area contributed by atoms with Crippen molar-refractivity contribution in [2.45, 2.75) is 4.34 Å². The number of thioether (sulfide) groups is 1. The van der Waals surface area contributed by atoms with Crippen molar-refractivity contribution >= 4 is 44.9 Å². The minimum atomic E-state index is 0.505. The van der Waals surface area contributed by atoms with E-state index in [1.807, 2.05) is 24.5 Å². The van der Waals surface area contributed by atoms with Crippen LogP contribution in [0.25, 0.3) is 10.2 Å². The molecule has 0 bridgehead atoms. The monoisotopic (exact) mass is 259 g/mol. The summed E-state index contributed by atoms with van der Waals surface area (Å²) in [4.78, 5) is 4.47. The Labute approximate surface area is 102 Å². The molecule has 0 spiro atoms. The van der Waals surface area contributed by atoms with Crippen molar-refractivity contribution in [3.05, 3.63) is 18.2 Å². The number of nitrogens with zero attached hydrogens (tertiary/aromatic N) is 1. The smallest absolute Gasteiger partial charge is 0.150 e. The van der Waals surface area contributed by atoms with Gasteiger partial charge in [0.1, 0.15) is 12.4 Å². The van der Waals surface area contributed by atoms with Crippen LogP contribution in [-0.2, 0) is 0 Å². The highest BCUT2D eigenvalue weighted by molar-refractivity contribution is 8.00. The first-order chi connectivity index (χ1) is 7.33. The molecule has 0 aliphatic carbocycles. The van der Waals surface area contributed by atoms with E-state index in [0.29, 0.717) is 12.5 Å². The Balaban J connectivity index is 2.29. The van der Waals surface area contributed by atoms with E-state index in [1.54, 1.807) is 23.1 Å². The zero-order chi connectivity index (χ0) is 10.7. The molecule has 0 aliphatic heterocycles. The Kier molecular flexibility index (Phi) is 3.72. The zero-order valence-corrected chi connectivity index (χ0v) is 10.6. The van der Waals surface area contributed by atoms with E-state index in [9.17, 15) is 0 Å². The van der Waals surface area contributed by atoms with Crippen LogP contribution >= 0.6 is 34.7 Å². The molecule has 2 aromatic rings. The Hall–Kier alpha value is -0.450. The van der Waals surface area contributed by atoms with E-state index < -0.39 is 0 Å². The Morgan fingerprint density at radius 2 is 2.40 bits per heavy atom. The molecule has 0 saturated heterocycles. The predicted octanol–water partition coefficient (Wildman–Crippen LogP) is 3.64. The van der Waals surface area contributed by atoms with Crippen molar-refractivity contribution in [1.82, 2.24) is 4.98 Å². The maximum atomic E-state index is 5.55. The van der Waals surface area contributed by atoms with Crippen molar-refractivity contribution in [3.63, 3.8) is 0 Å². The van der Waals surface area contributed by atoms with E-state index in [0.717, 1.165) is 15.6 Å². The van der Waals surface area contributed by atoms with Gasteiger partial charge in [0.25, 0.3) is 0 Å².